The zero-order valence-corrected chi connectivity index (χ0v) is 22.3. The molecule has 0 saturated carbocycles. The maximum atomic E-state index is 12.9. The molecule has 0 unspecified atom stereocenters. The lowest BCUT2D eigenvalue weighted by molar-refractivity contribution is -0.122. The van der Waals surface area contributed by atoms with E-state index in [-0.39, 0.29) is 23.2 Å². The van der Waals surface area contributed by atoms with Crippen LogP contribution < -0.4 is 9.50 Å². The average molecular weight is 548 g/mol. The van der Waals surface area contributed by atoms with Gasteiger partial charge >= 0.3 is 17.2 Å². The number of hydrogen-bond acceptors (Lipinski definition) is 8. The van der Waals surface area contributed by atoms with Gasteiger partial charge in [0.15, 0.2) is 10.8 Å². The molecule has 0 saturated heterocycles. The van der Waals surface area contributed by atoms with Gasteiger partial charge in [-0.1, -0.05) is 62.4 Å². The van der Waals surface area contributed by atoms with E-state index in [1.54, 1.807) is 36.4 Å². The molecule has 2 aromatic carbocycles. The molecule has 0 spiro atoms. The third kappa shape index (κ3) is 7.11. The summed E-state index contributed by atoms with van der Waals surface area (Å²) in [6.07, 6.45) is 1.75. The molecule has 4 aromatic rings. The summed E-state index contributed by atoms with van der Waals surface area (Å²) in [4.78, 5) is 16.8. The number of pyridine rings is 1. The third-order valence-electron chi connectivity index (χ3n) is 5.83. The van der Waals surface area contributed by atoms with E-state index in [0.717, 1.165) is 5.56 Å². The summed E-state index contributed by atoms with van der Waals surface area (Å²) in [6.45, 7) is 3.63. The van der Waals surface area contributed by atoms with Gasteiger partial charge in [0.1, 0.15) is 6.54 Å². The van der Waals surface area contributed by atoms with Crippen molar-refractivity contribution in [1.29, 1.82) is 0 Å². The molecular weight excluding hydrogens is 519 g/mol. The Labute approximate surface area is 227 Å². The lowest BCUT2D eigenvalue weighted by Crippen LogP contribution is -2.48. The first kappa shape index (κ1) is 28.0. The Balaban J connectivity index is 1.69. The van der Waals surface area contributed by atoms with Crippen molar-refractivity contribution in [3.63, 3.8) is 0 Å². The van der Waals surface area contributed by atoms with Crippen LogP contribution >= 0.6 is 0 Å². The lowest BCUT2D eigenvalue weighted by Gasteiger charge is -2.20. The molecule has 39 heavy (non-hydrogen) atoms. The molecule has 0 radical (unpaired) electrons. The van der Waals surface area contributed by atoms with Gasteiger partial charge in [0.05, 0.1) is 17.3 Å². The van der Waals surface area contributed by atoms with Crippen LogP contribution in [0.2, 0.25) is 0 Å². The Morgan fingerprint density at radius 3 is 2.38 bits per heavy atom. The van der Waals surface area contributed by atoms with Gasteiger partial charge in [-0.2, -0.15) is 13.5 Å². The van der Waals surface area contributed by atoms with Crippen LogP contribution in [0.4, 0.5) is 0 Å². The van der Waals surface area contributed by atoms with Crippen LogP contribution in [0.5, 0.6) is 5.75 Å². The molecule has 4 rings (SSSR count). The summed E-state index contributed by atoms with van der Waals surface area (Å²) in [7, 11) is -5.91. The van der Waals surface area contributed by atoms with Gasteiger partial charge < -0.3 is 19.5 Å². The summed E-state index contributed by atoms with van der Waals surface area (Å²) >= 11 is 0. The van der Waals surface area contributed by atoms with Crippen molar-refractivity contribution in [1.82, 2.24) is 20.1 Å². The number of amides is 1. The summed E-state index contributed by atoms with van der Waals surface area (Å²) in [6, 6.07) is 22.1. The summed E-state index contributed by atoms with van der Waals surface area (Å²) < 4.78 is 32.6. The second-order valence-corrected chi connectivity index (χ2v) is 10.9. The topological polar surface area (TPSA) is 144 Å². The zero-order chi connectivity index (χ0) is 28.0. The predicted molar refractivity (Wildman–Crippen MR) is 147 cm³/mol. The smallest absolute Gasteiger partial charge is 0.426 e. The van der Waals surface area contributed by atoms with E-state index in [9.17, 15) is 23.3 Å². The largest absolute Gasteiger partial charge is 0.475 e. The first-order chi connectivity index (χ1) is 18.6. The van der Waals surface area contributed by atoms with Crippen molar-refractivity contribution in [2.45, 2.75) is 37.8 Å². The fraction of sp³-hybridized carbons (Fsp3) is 0.222. The Kier molecular flexibility index (Phi) is 8.80. The molecule has 0 bridgehead atoms. The van der Waals surface area contributed by atoms with E-state index in [1.165, 1.54) is 23.0 Å². The zero-order valence-electron chi connectivity index (χ0n) is 21.5. The average Bonchev–Trinajstić information content (AvgIpc) is 3.32. The number of carbonyl (C=O) groups is 1. The SMILES string of the molecule is CC(C)C[C@H](NC(=O)Cn1nc(-c2ccccc2OS(=O)(=O)c2ccccn2)cc1-c1ccccc1)B(O)O. The number of hydrogen-bond donors (Lipinski definition) is 3. The molecule has 2 aromatic heterocycles. The van der Waals surface area contributed by atoms with E-state index in [4.69, 9.17) is 4.18 Å². The summed E-state index contributed by atoms with van der Waals surface area (Å²) in [5, 5.41) is 26.5. The minimum atomic E-state index is -4.21. The highest BCUT2D eigenvalue weighted by molar-refractivity contribution is 7.87. The molecular formula is C27H29BN4O6S. The number of nitrogens with zero attached hydrogens (tertiary/aromatic N) is 3. The van der Waals surface area contributed by atoms with E-state index in [2.05, 4.69) is 15.4 Å². The molecule has 3 N–H and O–H groups in total. The molecule has 1 amide bonds. The molecule has 2 heterocycles. The van der Waals surface area contributed by atoms with Crippen LogP contribution in [0, 0.1) is 5.92 Å². The molecule has 0 aliphatic carbocycles. The Morgan fingerprint density at radius 2 is 1.72 bits per heavy atom. The number of rotatable bonds is 11. The van der Waals surface area contributed by atoms with E-state index in [0.29, 0.717) is 23.4 Å². The molecule has 202 valence electrons. The first-order valence-corrected chi connectivity index (χ1v) is 13.8. The van der Waals surface area contributed by atoms with Crippen molar-refractivity contribution in [3.8, 4) is 28.3 Å². The number of carbonyl (C=O) groups excluding carboxylic acids is 1. The summed E-state index contributed by atoms with van der Waals surface area (Å²) in [5.41, 5.74) is 2.17. The fourth-order valence-electron chi connectivity index (χ4n) is 4.07. The Hall–Kier alpha value is -4.00. The van der Waals surface area contributed by atoms with Gasteiger partial charge in [-0.15, -0.1) is 0 Å². The van der Waals surface area contributed by atoms with Gasteiger partial charge in [-0.05, 0) is 48.2 Å². The highest BCUT2D eigenvalue weighted by atomic mass is 32.2. The lowest BCUT2D eigenvalue weighted by atomic mass is 9.75. The highest BCUT2D eigenvalue weighted by Gasteiger charge is 2.27. The van der Waals surface area contributed by atoms with Crippen molar-refractivity contribution in [3.05, 3.63) is 85.1 Å². The number of benzene rings is 2. The standard InChI is InChI=1S/C27H29BN4O6S/c1-19(2)16-25(28(34)35)30-26(33)18-32-23(20-10-4-3-5-11-20)17-22(31-32)21-12-6-7-13-24(21)38-39(36,37)27-14-8-9-15-29-27/h3-15,17,19,25,34-35H,16,18H2,1-2H3,(H,30,33)/t25-/m0/s1. The number of para-hydroxylation sites is 1. The molecule has 0 fully saturated rings. The second-order valence-electron chi connectivity index (χ2n) is 9.36. The quantitative estimate of drug-likeness (QED) is 0.192. The molecule has 0 aliphatic heterocycles. The number of aromatic nitrogens is 3. The number of nitrogens with one attached hydrogen (secondary N) is 1. The maximum Gasteiger partial charge on any atom is 0.475 e. The van der Waals surface area contributed by atoms with Crippen LogP contribution in [0.25, 0.3) is 22.5 Å². The van der Waals surface area contributed by atoms with Gasteiger partial charge in [0, 0.05) is 11.8 Å². The van der Waals surface area contributed by atoms with Crippen molar-refractivity contribution in [2.24, 2.45) is 5.92 Å². The molecule has 0 aliphatic rings. The van der Waals surface area contributed by atoms with Crippen LogP contribution in [-0.4, -0.2) is 52.2 Å². The van der Waals surface area contributed by atoms with Crippen molar-refractivity contribution in [2.75, 3.05) is 0 Å². The molecule has 10 nitrogen and oxygen atoms in total. The normalized spacial score (nSPS) is 12.2. The van der Waals surface area contributed by atoms with Gasteiger partial charge in [-0.3, -0.25) is 9.48 Å². The highest BCUT2D eigenvalue weighted by Crippen LogP contribution is 2.33. The molecule has 1 atom stereocenters. The second kappa shape index (κ2) is 12.2. The minimum absolute atomic E-state index is 0.0530. The van der Waals surface area contributed by atoms with Crippen molar-refractivity contribution >= 4 is 23.1 Å². The Bertz CT molecular complexity index is 1510. The van der Waals surface area contributed by atoms with E-state index in [1.807, 2.05) is 44.2 Å². The van der Waals surface area contributed by atoms with Crippen LogP contribution in [0.1, 0.15) is 20.3 Å². The third-order valence-corrected chi connectivity index (χ3v) is 6.98. The van der Waals surface area contributed by atoms with E-state index < -0.39 is 29.1 Å². The van der Waals surface area contributed by atoms with Crippen LogP contribution in [0.3, 0.4) is 0 Å². The summed E-state index contributed by atoms with van der Waals surface area (Å²) in [5.74, 6) is -1.11. The van der Waals surface area contributed by atoms with Crippen LogP contribution in [0.15, 0.2) is 90.1 Å². The fourth-order valence-corrected chi connectivity index (χ4v) is 4.97. The van der Waals surface area contributed by atoms with Crippen LogP contribution in [-0.2, 0) is 21.5 Å². The monoisotopic (exact) mass is 548 g/mol. The predicted octanol–water partition coefficient (Wildman–Crippen LogP) is 2.92. The minimum Gasteiger partial charge on any atom is -0.426 e. The van der Waals surface area contributed by atoms with Gasteiger partial charge in [0.25, 0.3) is 0 Å². The van der Waals surface area contributed by atoms with Crippen molar-refractivity contribution < 1.29 is 27.4 Å². The molecule has 12 heteroatoms. The first-order valence-electron chi connectivity index (χ1n) is 12.4. The maximum absolute atomic E-state index is 12.9. The van der Waals surface area contributed by atoms with Gasteiger partial charge in [-0.25, -0.2) is 4.98 Å². The van der Waals surface area contributed by atoms with Gasteiger partial charge in [0.2, 0.25) is 5.91 Å². The Morgan fingerprint density at radius 1 is 1.03 bits per heavy atom. The van der Waals surface area contributed by atoms with E-state index >= 15 is 0 Å².